The fourth-order valence-corrected chi connectivity index (χ4v) is 3.68. The average molecular weight is 480 g/mol. The first kappa shape index (κ1) is 30.5. The van der Waals surface area contributed by atoms with Crippen LogP contribution in [-0.4, -0.2) is 68.1 Å². The van der Waals surface area contributed by atoms with E-state index in [1.54, 1.807) is 41.5 Å². The Balaban J connectivity index is 7.21. The fourth-order valence-electron chi connectivity index (χ4n) is 1.96. The molecule has 11 heteroatoms. The van der Waals surface area contributed by atoms with Gasteiger partial charge in [0, 0.05) is 0 Å². The zero-order valence-electron chi connectivity index (χ0n) is 21.5. The molecular formula is C21H42N3O7P. The lowest BCUT2D eigenvalue weighted by atomic mass is 10.1. The van der Waals surface area contributed by atoms with E-state index < -0.39 is 42.7 Å². The van der Waals surface area contributed by atoms with Crippen LogP contribution in [0.3, 0.4) is 0 Å². The summed E-state index contributed by atoms with van der Waals surface area (Å²) in [6.07, 6.45) is -1.20. The summed E-state index contributed by atoms with van der Waals surface area (Å²) in [6, 6.07) is 0. The van der Waals surface area contributed by atoms with E-state index in [2.05, 4.69) is 14.3 Å². The van der Waals surface area contributed by atoms with Crippen molar-refractivity contribution in [3.63, 3.8) is 0 Å². The number of hydrogen-bond acceptors (Lipinski definition) is 7. The Morgan fingerprint density at radius 1 is 0.594 bits per heavy atom. The molecule has 0 bridgehead atoms. The number of ether oxygens (including phenoxy) is 3. The fraction of sp³-hybridized carbons (Fsp3) is 0.857. The molecular weight excluding hydrogens is 437 g/mol. The lowest BCUT2D eigenvalue weighted by Crippen LogP contribution is -2.37. The minimum Gasteiger partial charge on any atom is -0.476 e. The highest BCUT2D eigenvalue weighted by molar-refractivity contribution is 7.60. The topological polar surface area (TPSA) is 143 Å². The smallest absolute Gasteiger partial charge is 0.424 e. The van der Waals surface area contributed by atoms with Gasteiger partial charge >= 0.3 is 7.59 Å². The number of nitrogens with zero attached hydrogens (tertiary/aromatic N) is 3. The molecule has 0 saturated heterocycles. The molecule has 0 unspecified atom stereocenters. The van der Waals surface area contributed by atoms with Crippen LogP contribution in [0.1, 0.15) is 83.1 Å². The zero-order valence-corrected chi connectivity index (χ0v) is 22.4. The highest BCUT2D eigenvalue weighted by Crippen LogP contribution is 2.53. The van der Waals surface area contributed by atoms with Crippen molar-refractivity contribution in [2.75, 3.05) is 0 Å². The summed E-state index contributed by atoms with van der Waals surface area (Å²) < 4.78 is 43.0. The molecule has 32 heavy (non-hydrogen) atoms. The molecule has 0 amide bonds. The van der Waals surface area contributed by atoms with Crippen LogP contribution in [-0.2, 0) is 18.8 Å². The maximum atomic E-state index is 14.0. The second kappa shape index (κ2) is 11.1. The summed E-state index contributed by atoms with van der Waals surface area (Å²) in [5.41, 5.74) is -4.86. The van der Waals surface area contributed by atoms with Crippen LogP contribution in [0.15, 0.2) is 14.3 Å². The van der Waals surface area contributed by atoms with Crippen molar-refractivity contribution < 1.29 is 34.1 Å². The highest BCUT2D eigenvalue weighted by atomic mass is 31.2. The van der Waals surface area contributed by atoms with Crippen LogP contribution in [0.4, 0.5) is 0 Å². The van der Waals surface area contributed by atoms with Crippen molar-refractivity contribution in [1.82, 2.24) is 0 Å². The third-order valence-corrected chi connectivity index (χ3v) is 4.60. The maximum Gasteiger partial charge on any atom is 0.424 e. The summed E-state index contributed by atoms with van der Waals surface area (Å²) in [4.78, 5) is 0. The predicted octanol–water partition coefficient (Wildman–Crippen LogP) is 3.88. The normalized spacial score (nSPS) is 17.1. The second-order valence-corrected chi connectivity index (χ2v) is 11.5. The van der Waals surface area contributed by atoms with Crippen LogP contribution >= 0.6 is 7.59 Å². The summed E-state index contributed by atoms with van der Waals surface area (Å²) >= 11 is 0. The molecule has 188 valence electrons. The van der Waals surface area contributed by atoms with Gasteiger partial charge in [-0.1, -0.05) is 0 Å². The molecule has 10 nitrogen and oxygen atoms in total. The third-order valence-electron chi connectivity index (χ3n) is 3.28. The van der Waals surface area contributed by atoms with Crippen LogP contribution in [0, 0.1) is 0 Å². The number of aliphatic hydroxyl groups is 3. The van der Waals surface area contributed by atoms with Gasteiger partial charge < -0.3 is 29.5 Å². The molecule has 0 heterocycles. The predicted molar refractivity (Wildman–Crippen MR) is 127 cm³/mol. The maximum absolute atomic E-state index is 14.0. The first-order valence-electron chi connectivity index (χ1n) is 10.7. The third kappa shape index (κ3) is 11.4. The quantitative estimate of drug-likeness (QED) is 0.259. The van der Waals surface area contributed by atoms with Gasteiger partial charge in [0.15, 0.2) is 0 Å². The van der Waals surface area contributed by atoms with Gasteiger partial charge in [-0.15, -0.1) is 0 Å². The van der Waals surface area contributed by atoms with E-state index in [1.165, 1.54) is 41.5 Å². The van der Waals surface area contributed by atoms with Gasteiger partial charge in [0.2, 0.25) is 17.7 Å². The van der Waals surface area contributed by atoms with Crippen LogP contribution in [0.5, 0.6) is 0 Å². The van der Waals surface area contributed by atoms with Gasteiger partial charge in [-0.2, -0.15) is 14.3 Å². The van der Waals surface area contributed by atoms with Gasteiger partial charge in [-0.05, 0) is 83.1 Å². The molecule has 3 N–H and O–H groups in total. The van der Waals surface area contributed by atoms with Gasteiger partial charge in [0.25, 0.3) is 0 Å². The molecule has 0 aromatic carbocycles. The molecule has 0 aliphatic heterocycles. The molecule has 0 aromatic rings. The van der Waals surface area contributed by atoms with Crippen molar-refractivity contribution in [2.45, 2.75) is 118 Å². The van der Waals surface area contributed by atoms with Crippen LogP contribution in [0.25, 0.3) is 0 Å². The zero-order chi connectivity index (χ0) is 25.7. The SMILES string of the molecule is CC(C)OC(=NP(=O)(N=C(OC(C)C)C(C)(C)O)N=C(OC(C)C)C(C)(C)O)C(C)(C)O. The standard InChI is InChI=1S/C21H42N3O7P/c1-13(2)29-16(19(7,8)25)22-32(28,23-17(20(9,10)26)30-14(3)4)24-18(21(11,12)27)31-15(5)6/h13-15,25-27H,1-12H3. The summed E-state index contributed by atoms with van der Waals surface area (Å²) in [5, 5.41) is 31.6. The van der Waals surface area contributed by atoms with E-state index in [1.807, 2.05) is 0 Å². The van der Waals surface area contributed by atoms with E-state index in [4.69, 9.17) is 14.2 Å². The van der Waals surface area contributed by atoms with E-state index in [0.717, 1.165) is 0 Å². The molecule has 0 radical (unpaired) electrons. The monoisotopic (exact) mass is 479 g/mol. The molecule has 0 atom stereocenters. The Kier molecular flexibility index (Phi) is 10.6. The van der Waals surface area contributed by atoms with Crippen LogP contribution < -0.4 is 0 Å². The minimum atomic E-state index is -4.44. The molecule has 0 spiro atoms. The van der Waals surface area contributed by atoms with E-state index >= 15 is 0 Å². The van der Waals surface area contributed by atoms with E-state index in [-0.39, 0.29) is 17.7 Å². The van der Waals surface area contributed by atoms with Crippen molar-refractivity contribution in [3.8, 4) is 0 Å². The first-order chi connectivity index (χ1) is 14.1. The van der Waals surface area contributed by atoms with Crippen molar-refractivity contribution in [1.29, 1.82) is 0 Å². The summed E-state index contributed by atoms with van der Waals surface area (Å²) in [6.45, 7) is 18.8. The van der Waals surface area contributed by atoms with Gasteiger partial charge in [0.05, 0.1) is 18.3 Å². The number of hydrogen-bond donors (Lipinski definition) is 3. The Hall–Kier alpha value is -1.48. The van der Waals surface area contributed by atoms with E-state index in [0.29, 0.717) is 0 Å². The van der Waals surface area contributed by atoms with Gasteiger partial charge in [-0.3, -0.25) is 0 Å². The summed E-state index contributed by atoms with van der Waals surface area (Å²) in [5.74, 6) is -0.826. The molecule has 0 aromatic heterocycles. The van der Waals surface area contributed by atoms with Crippen molar-refractivity contribution in [2.24, 2.45) is 14.3 Å². The van der Waals surface area contributed by atoms with Gasteiger partial charge in [-0.25, -0.2) is 4.57 Å². The van der Waals surface area contributed by atoms with Crippen molar-refractivity contribution in [3.05, 3.63) is 0 Å². The largest absolute Gasteiger partial charge is 0.476 e. The molecule has 0 fully saturated rings. The lowest BCUT2D eigenvalue weighted by Gasteiger charge is -2.26. The van der Waals surface area contributed by atoms with Crippen molar-refractivity contribution >= 4 is 25.3 Å². The Labute approximate surface area is 192 Å². The number of rotatable bonds is 9. The Morgan fingerprint density at radius 2 is 0.781 bits per heavy atom. The molecule has 0 aliphatic carbocycles. The first-order valence-corrected chi connectivity index (χ1v) is 12.2. The summed E-state index contributed by atoms with van der Waals surface area (Å²) in [7, 11) is -4.44. The lowest BCUT2D eigenvalue weighted by molar-refractivity contribution is 0.0973. The minimum absolute atomic E-state index is 0.275. The molecule has 0 rings (SSSR count). The molecule has 0 saturated carbocycles. The highest BCUT2D eigenvalue weighted by Gasteiger charge is 2.37. The van der Waals surface area contributed by atoms with Crippen LogP contribution in [0.2, 0.25) is 0 Å². The van der Waals surface area contributed by atoms with E-state index in [9.17, 15) is 19.9 Å². The molecule has 0 aliphatic rings. The Bertz CT molecular complexity index is 653. The van der Waals surface area contributed by atoms with Gasteiger partial charge in [0.1, 0.15) is 16.8 Å². The Morgan fingerprint density at radius 3 is 0.906 bits per heavy atom. The average Bonchev–Trinajstić information content (AvgIpc) is 2.49. The second-order valence-electron chi connectivity index (χ2n) is 9.91.